The van der Waals surface area contributed by atoms with E-state index in [4.69, 9.17) is 11.6 Å². The lowest BCUT2D eigenvalue weighted by Gasteiger charge is -2.24. The molecule has 3 nitrogen and oxygen atoms in total. The fraction of sp³-hybridized carbons (Fsp3) is 0.235. The number of fused-ring (bicyclic) bond motifs is 1. The van der Waals surface area contributed by atoms with Crippen molar-refractivity contribution in [1.29, 1.82) is 0 Å². The third-order valence-electron chi connectivity index (χ3n) is 3.87. The van der Waals surface area contributed by atoms with E-state index in [1.165, 1.54) is 17.7 Å². The van der Waals surface area contributed by atoms with Gasteiger partial charge in [-0.15, -0.1) is 0 Å². The van der Waals surface area contributed by atoms with Crippen LogP contribution in [0.2, 0.25) is 5.02 Å². The van der Waals surface area contributed by atoms with E-state index in [0.29, 0.717) is 5.02 Å². The lowest BCUT2D eigenvalue weighted by molar-refractivity contribution is -0.115. The van der Waals surface area contributed by atoms with Crippen LogP contribution in [0.15, 0.2) is 42.5 Å². The lowest BCUT2D eigenvalue weighted by Crippen LogP contribution is -2.37. The Hall–Kier alpha value is -2.07. The van der Waals surface area contributed by atoms with Gasteiger partial charge in [0.15, 0.2) is 0 Å². The van der Waals surface area contributed by atoms with Gasteiger partial charge in [0.2, 0.25) is 5.91 Å². The lowest BCUT2D eigenvalue weighted by atomic mass is 10.1. The summed E-state index contributed by atoms with van der Waals surface area (Å²) in [5, 5.41) is 2.90. The zero-order chi connectivity index (χ0) is 15.7. The Labute approximate surface area is 133 Å². The molecule has 2 aromatic carbocycles. The minimum atomic E-state index is -0.532. The molecule has 0 aromatic heterocycles. The van der Waals surface area contributed by atoms with E-state index in [0.717, 1.165) is 12.1 Å². The number of carbonyl (C=O) groups excluding carboxylic acids is 1. The predicted molar refractivity (Wildman–Crippen MR) is 87.0 cm³/mol. The zero-order valence-electron chi connectivity index (χ0n) is 12.1. The second-order valence-corrected chi connectivity index (χ2v) is 5.92. The van der Waals surface area contributed by atoms with Gasteiger partial charge in [0.05, 0.1) is 12.2 Å². The van der Waals surface area contributed by atoms with Crippen LogP contribution in [0.5, 0.6) is 0 Å². The number of rotatable bonds is 3. The van der Waals surface area contributed by atoms with Crippen molar-refractivity contribution in [2.45, 2.75) is 19.4 Å². The molecule has 1 aliphatic rings. The number of hydrogen-bond donors (Lipinski definition) is 1. The van der Waals surface area contributed by atoms with E-state index >= 15 is 0 Å². The maximum Gasteiger partial charge on any atom is 0.243 e. The third kappa shape index (κ3) is 2.92. The molecule has 0 radical (unpaired) electrons. The fourth-order valence-electron chi connectivity index (χ4n) is 2.81. The van der Waals surface area contributed by atoms with Gasteiger partial charge in [-0.05, 0) is 43.2 Å². The van der Waals surface area contributed by atoms with E-state index in [2.05, 4.69) is 18.3 Å². The smallest absolute Gasteiger partial charge is 0.243 e. The Morgan fingerprint density at radius 1 is 1.36 bits per heavy atom. The summed E-state index contributed by atoms with van der Waals surface area (Å²) in [6.07, 6.45) is 0.915. The van der Waals surface area contributed by atoms with Gasteiger partial charge in [-0.1, -0.05) is 29.8 Å². The average Bonchev–Trinajstić information content (AvgIpc) is 2.78. The quantitative estimate of drug-likeness (QED) is 0.931. The van der Waals surface area contributed by atoms with Crippen LogP contribution in [-0.2, 0) is 11.2 Å². The van der Waals surface area contributed by atoms with Crippen molar-refractivity contribution in [3.8, 4) is 0 Å². The molecule has 114 valence electrons. The molecule has 22 heavy (non-hydrogen) atoms. The number of hydrogen-bond acceptors (Lipinski definition) is 2. The number of para-hydroxylation sites is 1. The first-order chi connectivity index (χ1) is 10.5. The van der Waals surface area contributed by atoms with Gasteiger partial charge in [-0.25, -0.2) is 4.39 Å². The molecular weight excluding hydrogens is 303 g/mol. The normalized spacial score (nSPS) is 16.5. The highest BCUT2D eigenvalue weighted by Crippen LogP contribution is 2.31. The van der Waals surface area contributed by atoms with Crippen LogP contribution in [0.25, 0.3) is 0 Å². The van der Waals surface area contributed by atoms with E-state index in [9.17, 15) is 9.18 Å². The van der Waals surface area contributed by atoms with Gasteiger partial charge in [0.1, 0.15) is 5.82 Å². The van der Waals surface area contributed by atoms with Gasteiger partial charge < -0.3 is 10.2 Å². The third-order valence-corrected chi connectivity index (χ3v) is 4.10. The maximum absolute atomic E-state index is 13.7. The molecule has 0 saturated heterocycles. The van der Waals surface area contributed by atoms with E-state index in [-0.39, 0.29) is 24.2 Å². The maximum atomic E-state index is 13.7. The minimum Gasteiger partial charge on any atom is -0.359 e. The number of anilines is 2. The summed E-state index contributed by atoms with van der Waals surface area (Å²) in [6.45, 7) is 2.27. The molecular formula is C17H16ClFN2O. The first-order valence-corrected chi connectivity index (χ1v) is 7.52. The molecule has 0 fully saturated rings. The van der Waals surface area contributed by atoms with Crippen molar-refractivity contribution in [1.82, 2.24) is 0 Å². The standard InChI is InChI=1S/C17H16ClFN2O/c1-11-8-12-4-2-3-5-16(12)21(11)10-17(22)20-15-7-6-13(18)9-14(15)19/h2-7,9,11H,8,10H2,1H3,(H,20,22)/t11-/m0/s1. The van der Waals surface area contributed by atoms with Crippen molar-refractivity contribution >= 4 is 28.9 Å². The number of nitrogens with zero attached hydrogens (tertiary/aromatic N) is 1. The molecule has 3 rings (SSSR count). The summed E-state index contributed by atoms with van der Waals surface area (Å²) in [4.78, 5) is 14.2. The van der Waals surface area contributed by atoms with Gasteiger partial charge in [-0.3, -0.25) is 4.79 Å². The summed E-state index contributed by atoms with van der Waals surface area (Å²) in [5.41, 5.74) is 2.46. The number of amides is 1. The van der Waals surface area contributed by atoms with E-state index in [1.807, 2.05) is 23.1 Å². The Kier molecular flexibility index (Phi) is 4.03. The Balaban J connectivity index is 1.72. The molecule has 2 aromatic rings. The highest BCUT2D eigenvalue weighted by Gasteiger charge is 2.27. The van der Waals surface area contributed by atoms with E-state index in [1.54, 1.807) is 6.07 Å². The van der Waals surface area contributed by atoms with Crippen molar-refractivity contribution < 1.29 is 9.18 Å². The molecule has 1 N–H and O–H groups in total. The molecule has 1 heterocycles. The average molecular weight is 319 g/mol. The Morgan fingerprint density at radius 3 is 2.91 bits per heavy atom. The number of nitrogens with one attached hydrogen (secondary N) is 1. The number of benzene rings is 2. The molecule has 0 saturated carbocycles. The van der Waals surface area contributed by atoms with Crippen LogP contribution in [0, 0.1) is 5.82 Å². The van der Waals surface area contributed by atoms with E-state index < -0.39 is 5.82 Å². The van der Waals surface area contributed by atoms with Crippen LogP contribution >= 0.6 is 11.6 Å². The monoisotopic (exact) mass is 318 g/mol. The molecule has 0 spiro atoms. The number of carbonyl (C=O) groups is 1. The first kappa shape index (κ1) is 14.9. The number of halogens is 2. The molecule has 5 heteroatoms. The molecule has 1 aliphatic heterocycles. The first-order valence-electron chi connectivity index (χ1n) is 7.14. The summed E-state index contributed by atoms with van der Waals surface area (Å²) in [5.74, 6) is -0.777. The minimum absolute atomic E-state index is 0.148. The van der Waals surface area contributed by atoms with Crippen molar-refractivity contribution in [2.75, 3.05) is 16.8 Å². The predicted octanol–water partition coefficient (Wildman–Crippen LogP) is 3.87. The Bertz CT molecular complexity index is 720. The SMILES string of the molecule is C[C@H]1Cc2ccccc2N1CC(=O)Nc1ccc(Cl)cc1F. The molecule has 0 bridgehead atoms. The summed E-state index contributed by atoms with van der Waals surface area (Å²) in [6, 6.07) is 12.5. The van der Waals surface area contributed by atoms with Crippen molar-refractivity contribution in [3.63, 3.8) is 0 Å². The van der Waals surface area contributed by atoms with Crippen LogP contribution in [-0.4, -0.2) is 18.5 Å². The molecule has 1 atom stereocenters. The Morgan fingerprint density at radius 2 is 2.14 bits per heavy atom. The fourth-order valence-corrected chi connectivity index (χ4v) is 2.96. The topological polar surface area (TPSA) is 32.3 Å². The highest BCUT2D eigenvalue weighted by atomic mass is 35.5. The summed E-state index contributed by atoms with van der Waals surface area (Å²) in [7, 11) is 0. The van der Waals surface area contributed by atoms with Gasteiger partial charge in [0.25, 0.3) is 0 Å². The van der Waals surface area contributed by atoms with Crippen LogP contribution in [0.3, 0.4) is 0 Å². The summed E-state index contributed by atoms with van der Waals surface area (Å²) >= 11 is 5.71. The molecule has 0 aliphatic carbocycles. The molecule has 1 amide bonds. The zero-order valence-corrected chi connectivity index (χ0v) is 12.9. The van der Waals surface area contributed by atoms with Gasteiger partial charge in [0, 0.05) is 16.8 Å². The van der Waals surface area contributed by atoms with Crippen LogP contribution in [0.1, 0.15) is 12.5 Å². The van der Waals surface area contributed by atoms with Gasteiger partial charge in [-0.2, -0.15) is 0 Å². The highest BCUT2D eigenvalue weighted by molar-refractivity contribution is 6.30. The van der Waals surface area contributed by atoms with Crippen LogP contribution in [0.4, 0.5) is 15.8 Å². The second kappa shape index (κ2) is 5.97. The summed E-state index contributed by atoms with van der Waals surface area (Å²) < 4.78 is 13.7. The van der Waals surface area contributed by atoms with Crippen molar-refractivity contribution in [3.05, 3.63) is 58.9 Å². The second-order valence-electron chi connectivity index (χ2n) is 5.48. The molecule has 0 unspecified atom stereocenters. The van der Waals surface area contributed by atoms with Crippen LogP contribution < -0.4 is 10.2 Å². The van der Waals surface area contributed by atoms with Crippen molar-refractivity contribution in [2.24, 2.45) is 0 Å². The van der Waals surface area contributed by atoms with Gasteiger partial charge >= 0.3 is 0 Å². The largest absolute Gasteiger partial charge is 0.359 e.